The number of pyridine rings is 1. The molecule has 3 aromatic heterocycles. The fraction of sp³-hybridized carbons (Fsp3) is 0.125. The molecule has 0 aliphatic carbocycles. The van der Waals surface area contributed by atoms with Crippen molar-refractivity contribution in [1.82, 2.24) is 18.9 Å². The summed E-state index contributed by atoms with van der Waals surface area (Å²) in [6.45, 7) is 2.85. The van der Waals surface area contributed by atoms with Gasteiger partial charge in [-0.3, -0.25) is 0 Å². The second kappa shape index (κ2) is 4.20. The van der Waals surface area contributed by atoms with E-state index in [0.717, 1.165) is 17.9 Å². The number of imidazole rings is 2. The molecular formula is C16H14N4. The standard InChI is InChI=1S/C16H14N4/c1-12-15(10-19-9-7-17-11-19)20-8-6-13-4-2-3-5-14(13)16(20)18-12/h2-9,11H,10H2,1H3. The van der Waals surface area contributed by atoms with E-state index < -0.39 is 0 Å². The molecule has 20 heavy (non-hydrogen) atoms. The van der Waals surface area contributed by atoms with Gasteiger partial charge in [-0.2, -0.15) is 0 Å². The number of nitrogens with zero attached hydrogens (tertiary/aromatic N) is 4. The van der Waals surface area contributed by atoms with E-state index in [1.807, 2.05) is 12.5 Å². The van der Waals surface area contributed by atoms with Gasteiger partial charge in [0.2, 0.25) is 0 Å². The van der Waals surface area contributed by atoms with E-state index in [2.05, 4.69) is 57.4 Å². The highest BCUT2D eigenvalue weighted by atomic mass is 15.1. The lowest BCUT2D eigenvalue weighted by atomic mass is 10.2. The van der Waals surface area contributed by atoms with Crippen molar-refractivity contribution < 1.29 is 0 Å². The maximum Gasteiger partial charge on any atom is 0.145 e. The largest absolute Gasteiger partial charge is 0.331 e. The predicted octanol–water partition coefficient (Wildman–Crippen LogP) is 3.04. The van der Waals surface area contributed by atoms with E-state index in [-0.39, 0.29) is 0 Å². The second-order valence-corrected chi connectivity index (χ2v) is 4.98. The number of aromatic nitrogens is 4. The lowest BCUT2D eigenvalue weighted by Crippen LogP contribution is -2.02. The molecule has 0 unspecified atom stereocenters. The Labute approximate surface area is 116 Å². The normalized spacial score (nSPS) is 11.4. The zero-order chi connectivity index (χ0) is 13.5. The van der Waals surface area contributed by atoms with E-state index in [1.54, 1.807) is 6.20 Å². The van der Waals surface area contributed by atoms with Gasteiger partial charge in [0.1, 0.15) is 5.65 Å². The third-order valence-electron chi connectivity index (χ3n) is 3.71. The molecule has 0 radical (unpaired) electrons. The molecule has 0 fully saturated rings. The summed E-state index contributed by atoms with van der Waals surface area (Å²) in [6.07, 6.45) is 7.71. The lowest BCUT2D eigenvalue weighted by Gasteiger charge is -2.05. The summed E-state index contributed by atoms with van der Waals surface area (Å²) in [4.78, 5) is 8.85. The maximum absolute atomic E-state index is 4.75. The second-order valence-electron chi connectivity index (χ2n) is 4.98. The van der Waals surface area contributed by atoms with E-state index in [0.29, 0.717) is 0 Å². The van der Waals surface area contributed by atoms with Crippen molar-refractivity contribution in [3.63, 3.8) is 0 Å². The molecule has 0 saturated heterocycles. The van der Waals surface area contributed by atoms with Gasteiger partial charge in [-0.25, -0.2) is 9.97 Å². The van der Waals surface area contributed by atoms with Crippen molar-refractivity contribution in [2.75, 3.05) is 0 Å². The smallest absolute Gasteiger partial charge is 0.145 e. The highest BCUT2D eigenvalue weighted by Crippen LogP contribution is 2.22. The van der Waals surface area contributed by atoms with Crippen LogP contribution in [0.1, 0.15) is 11.4 Å². The van der Waals surface area contributed by atoms with Crippen LogP contribution in [-0.4, -0.2) is 18.9 Å². The molecule has 4 aromatic rings. The van der Waals surface area contributed by atoms with Crippen LogP contribution in [0.5, 0.6) is 0 Å². The Bertz CT molecular complexity index is 888. The minimum atomic E-state index is 0.783. The number of aryl methyl sites for hydroxylation is 1. The Morgan fingerprint density at radius 1 is 1.10 bits per heavy atom. The van der Waals surface area contributed by atoms with Crippen LogP contribution in [0.3, 0.4) is 0 Å². The Balaban J connectivity index is 1.97. The maximum atomic E-state index is 4.75. The fourth-order valence-electron chi connectivity index (χ4n) is 2.67. The Morgan fingerprint density at radius 3 is 2.85 bits per heavy atom. The molecule has 3 heterocycles. The highest BCUT2D eigenvalue weighted by Gasteiger charge is 2.11. The summed E-state index contributed by atoms with van der Waals surface area (Å²) < 4.78 is 4.24. The van der Waals surface area contributed by atoms with Crippen LogP contribution in [-0.2, 0) is 6.54 Å². The van der Waals surface area contributed by atoms with Crippen LogP contribution < -0.4 is 0 Å². The van der Waals surface area contributed by atoms with Crippen molar-refractivity contribution in [3.05, 3.63) is 66.6 Å². The molecule has 4 nitrogen and oxygen atoms in total. The average molecular weight is 262 g/mol. The fourth-order valence-corrected chi connectivity index (χ4v) is 2.67. The van der Waals surface area contributed by atoms with Gasteiger partial charge in [-0.05, 0) is 18.4 Å². The first-order valence-corrected chi connectivity index (χ1v) is 6.64. The molecule has 0 bridgehead atoms. The molecule has 0 aliphatic heterocycles. The number of benzene rings is 1. The third kappa shape index (κ3) is 1.61. The topological polar surface area (TPSA) is 35.1 Å². The number of rotatable bonds is 2. The van der Waals surface area contributed by atoms with Crippen LogP contribution in [0.15, 0.2) is 55.2 Å². The first-order chi connectivity index (χ1) is 9.83. The molecule has 0 N–H and O–H groups in total. The molecule has 1 aromatic carbocycles. The zero-order valence-corrected chi connectivity index (χ0v) is 11.2. The molecule has 0 saturated carbocycles. The molecule has 98 valence electrons. The van der Waals surface area contributed by atoms with E-state index in [4.69, 9.17) is 4.98 Å². The monoisotopic (exact) mass is 262 g/mol. The molecule has 0 spiro atoms. The summed E-state index contributed by atoms with van der Waals surface area (Å²) in [7, 11) is 0. The summed E-state index contributed by atoms with van der Waals surface area (Å²) in [5.41, 5.74) is 3.29. The van der Waals surface area contributed by atoms with Gasteiger partial charge in [0.05, 0.1) is 24.3 Å². The summed E-state index contributed by atoms with van der Waals surface area (Å²) in [6, 6.07) is 10.5. The van der Waals surface area contributed by atoms with Gasteiger partial charge < -0.3 is 8.97 Å². The van der Waals surface area contributed by atoms with Crippen molar-refractivity contribution in [3.8, 4) is 0 Å². The Hall–Kier alpha value is -2.62. The van der Waals surface area contributed by atoms with E-state index >= 15 is 0 Å². The zero-order valence-electron chi connectivity index (χ0n) is 11.2. The van der Waals surface area contributed by atoms with Crippen molar-refractivity contribution >= 4 is 16.4 Å². The average Bonchev–Trinajstić information content (AvgIpc) is 3.08. The molecule has 0 atom stereocenters. The van der Waals surface area contributed by atoms with E-state index in [9.17, 15) is 0 Å². The first kappa shape index (κ1) is 11.2. The molecular weight excluding hydrogens is 248 g/mol. The van der Waals surface area contributed by atoms with Gasteiger partial charge >= 0.3 is 0 Å². The molecule has 0 aliphatic rings. The SMILES string of the molecule is Cc1nc2c3ccccc3ccn2c1Cn1ccnc1. The van der Waals surface area contributed by atoms with Crippen molar-refractivity contribution in [2.24, 2.45) is 0 Å². The molecule has 4 rings (SSSR count). The number of hydrogen-bond acceptors (Lipinski definition) is 2. The van der Waals surface area contributed by atoms with Gasteiger partial charge in [0, 0.05) is 24.0 Å². The Morgan fingerprint density at radius 2 is 2.00 bits per heavy atom. The minimum Gasteiger partial charge on any atom is -0.331 e. The Kier molecular flexibility index (Phi) is 2.36. The lowest BCUT2D eigenvalue weighted by molar-refractivity contribution is 0.759. The van der Waals surface area contributed by atoms with E-state index in [1.165, 1.54) is 16.5 Å². The highest BCUT2D eigenvalue weighted by molar-refractivity contribution is 5.94. The first-order valence-electron chi connectivity index (χ1n) is 6.64. The number of hydrogen-bond donors (Lipinski definition) is 0. The van der Waals surface area contributed by atoms with Crippen molar-refractivity contribution in [1.29, 1.82) is 0 Å². The van der Waals surface area contributed by atoms with Crippen LogP contribution in [0, 0.1) is 6.92 Å². The third-order valence-corrected chi connectivity index (χ3v) is 3.71. The quantitative estimate of drug-likeness (QED) is 0.556. The minimum absolute atomic E-state index is 0.783. The van der Waals surface area contributed by atoms with Gasteiger partial charge in [-0.15, -0.1) is 0 Å². The molecule has 4 heteroatoms. The van der Waals surface area contributed by atoms with Crippen molar-refractivity contribution in [2.45, 2.75) is 13.5 Å². The molecule has 0 amide bonds. The number of fused-ring (bicyclic) bond motifs is 3. The van der Waals surface area contributed by atoms with Crippen LogP contribution in [0.4, 0.5) is 0 Å². The van der Waals surface area contributed by atoms with Crippen LogP contribution in [0.25, 0.3) is 16.4 Å². The van der Waals surface area contributed by atoms with Crippen LogP contribution in [0.2, 0.25) is 0 Å². The van der Waals surface area contributed by atoms with Crippen LogP contribution >= 0.6 is 0 Å². The van der Waals surface area contributed by atoms with Gasteiger partial charge in [-0.1, -0.05) is 24.3 Å². The summed E-state index contributed by atoms with van der Waals surface area (Å²) >= 11 is 0. The predicted molar refractivity (Wildman–Crippen MR) is 78.8 cm³/mol. The summed E-state index contributed by atoms with van der Waals surface area (Å²) in [5, 5.41) is 2.41. The van der Waals surface area contributed by atoms with Gasteiger partial charge in [0.25, 0.3) is 0 Å². The van der Waals surface area contributed by atoms with Gasteiger partial charge in [0.15, 0.2) is 0 Å². The summed E-state index contributed by atoms with van der Waals surface area (Å²) in [5.74, 6) is 0.